The van der Waals surface area contributed by atoms with Crippen LogP contribution >= 0.6 is 0 Å². The highest BCUT2D eigenvalue weighted by atomic mass is 16.4. The average molecular weight is 158 g/mol. The van der Waals surface area contributed by atoms with Crippen LogP contribution in [0.5, 0.6) is 0 Å². The average Bonchev–Trinajstić information content (AvgIpc) is 1.84. The molecule has 0 unspecified atom stereocenters. The quantitative estimate of drug-likeness (QED) is 0.431. The van der Waals surface area contributed by atoms with Crippen molar-refractivity contribution in [3.8, 4) is 0 Å². The number of rotatable bonds is 4. The highest BCUT2D eigenvalue weighted by molar-refractivity contribution is 5.92. The van der Waals surface area contributed by atoms with Crippen LogP contribution in [0.25, 0.3) is 0 Å². The number of aldehydes is 1. The van der Waals surface area contributed by atoms with Gasteiger partial charge in [-0.15, -0.1) is 0 Å². The molecule has 0 spiro atoms. The molecule has 5 heteroatoms. The highest BCUT2D eigenvalue weighted by Gasteiger charge is 2.03. The second kappa shape index (κ2) is 4.21. The Morgan fingerprint density at radius 3 is 2.09 bits per heavy atom. The Labute approximate surface area is 61.9 Å². The third kappa shape index (κ3) is 4.83. The third-order valence-corrected chi connectivity index (χ3v) is 0.816. The fourth-order valence-electron chi connectivity index (χ4n) is 0.460. The van der Waals surface area contributed by atoms with E-state index < -0.39 is 18.4 Å². The first-order chi connectivity index (χ1) is 5.06. The van der Waals surface area contributed by atoms with Gasteiger partial charge in [-0.05, 0) is 0 Å². The summed E-state index contributed by atoms with van der Waals surface area (Å²) in [5.74, 6) is -2.56. The van der Waals surface area contributed by atoms with E-state index >= 15 is 0 Å². The van der Waals surface area contributed by atoms with E-state index in [1.807, 2.05) is 0 Å². The number of hydrogen-bond donors (Lipinski definition) is 2. The van der Waals surface area contributed by atoms with Gasteiger partial charge in [0.1, 0.15) is 6.29 Å². The summed E-state index contributed by atoms with van der Waals surface area (Å²) in [6.07, 6.45) is 0.221. The first-order valence-electron chi connectivity index (χ1n) is 2.66. The molecule has 60 valence electrons. The van der Waals surface area contributed by atoms with Gasteiger partial charge < -0.3 is 10.2 Å². The van der Waals surface area contributed by atoms with Gasteiger partial charge in [0.05, 0.1) is 6.42 Å². The van der Waals surface area contributed by atoms with Crippen molar-refractivity contribution >= 4 is 18.2 Å². The molecule has 0 aromatic rings. The maximum Gasteiger partial charge on any atom is 0.328 e. The predicted molar refractivity (Wildman–Crippen MR) is 34.0 cm³/mol. The summed E-state index contributed by atoms with van der Waals surface area (Å²) >= 11 is 0. The molecule has 0 aliphatic rings. The molecule has 0 rings (SSSR count). The third-order valence-electron chi connectivity index (χ3n) is 0.816. The fraction of sp³-hybridized carbons (Fsp3) is 0.167. The lowest BCUT2D eigenvalue weighted by atomic mass is 10.2. The summed E-state index contributed by atoms with van der Waals surface area (Å²) in [7, 11) is 0. The van der Waals surface area contributed by atoms with Crippen molar-refractivity contribution in [1.82, 2.24) is 0 Å². The second-order valence-corrected chi connectivity index (χ2v) is 1.75. The first-order valence-corrected chi connectivity index (χ1v) is 2.66. The maximum atomic E-state index is 9.98. The van der Waals surface area contributed by atoms with E-state index in [1.54, 1.807) is 0 Å². The van der Waals surface area contributed by atoms with Crippen molar-refractivity contribution in [2.24, 2.45) is 0 Å². The first kappa shape index (κ1) is 9.35. The monoisotopic (exact) mass is 158 g/mol. The van der Waals surface area contributed by atoms with Gasteiger partial charge in [-0.2, -0.15) is 0 Å². The Kier molecular flexibility index (Phi) is 3.58. The van der Waals surface area contributed by atoms with Crippen LogP contribution in [0.4, 0.5) is 0 Å². The Morgan fingerprint density at radius 1 is 1.27 bits per heavy atom. The lowest BCUT2D eigenvalue weighted by molar-refractivity contribution is -0.136. The molecule has 2 N–H and O–H groups in total. The molecule has 0 saturated heterocycles. The largest absolute Gasteiger partial charge is 0.481 e. The number of carbonyl (C=O) groups is 3. The van der Waals surface area contributed by atoms with E-state index in [0.717, 1.165) is 0 Å². The van der Waals surface area contributed by atoms with Crippen LogP contribution in [0.3, 0.4) is 0 Å². The molecule has 0 atom stereocenters. The Morgan fingerprint density at radius 2 is 1.82 bits per heavy atom. The fourth-order valence-corrected chi connectivity index (χ4v) is 0.460. The maximum absolute atomic E-state index is 9.98. The number of hydrogen-bond acceptors (Lipinski definition) is 3. The zero-order chi connectivity index (χ0) is 8.85. The molecule has 0 amide bonds. The lowest BCUT2D eigenvalue weighted by Crippen LogP contribution is -2.01. The van der Waals surface area contributed by atoms with E-state index in [-0.39, 0.29) is 11.9 Å². The van der Waals surface area contributed by atoms with Crippen molar-refractivity contribution in [2.75, 3.05) is 0 Å². The van der Waals surface area contributed by atoms with Gasteiger partial charge in [-0.3, -0.25) is 9.59 Å². The second-order valence-electron chi connectivity index (χ2n) is 1.75. The number of carboxylic acid groups (broad SMARTS) is 2. The van der Waals surface area contributed by atoms with Crippen LogP contribution in [-0.2, 0) is 14.4 Å². The summed E-state index contributed by atoms with van der Waals surface area (Å²) in [5.41, 5.74) is -0.259. The van der Waals surface area contributed by atoms with E-state index in [4.69, 9.17) is 10.2 Å². The smallest absolute Gasteiger partial charge is 0.328 e. The van der Waals surface area contributed by atoms with Gasteiger partial charge in [0.2, 0.25) is 0 Å². The van der Waals surface area contributed by atoms with Gasteiger partial charge in [0.15, 0.2) is 0 Å². The number of aliphatic carboxylic acids is 2. The van der Waals surface area contributed by atoms with Crippen molar-refractivity contribution in [2.45, 2.75) is 6.42 Å². The molecule has 0 aliphatic heterocycles. The molecular formula is C6H6O5. The zero-order valence-corrected chi connectivity index (χ0v) is 5.48. The van der Waals surface area contributed by atoms with Crippen LogP contribution in [0.15, 0.2) is 11.6 Å². The van der Waals surface area contributed by atoms with Crippen LogP contribution in [0.2, 0.25) is 0 Å². The summed E-state index contributed by atoms with van der Waals surface area (Å²) in [4.78, 5) is 29.9. The molecule has 0 heterocycles. The Balaban J connectivity index is 4.28. The molecule has 0 saturated carbocycles. The standard InChI is InChI=1S/C6H6O5/c7-3-4(1-5(8)9)2-6(10)11/h1,3H,2H2,(H,8,9)(H,10,11)/b4-1-. The molecule has 5 nitrogen and oxygen atoms in total. The molecule has 0 aliphatic carbocycles. The summed E-state index contributed by atoms with van der Waals surface area (Å²) in [6, 6.07) is 0. The molecule has 0 aromatic carbocycles. The molecular weight excluding hydrogens is 152 g/mol. The molecule has 0 fully saturated rings. The summed E-state index contributed by atoms with van der Waals surface area (Å²) in [5, 5.41) is 16.2. The van der Waals surface area contributed by atoms with Crippen LogP contribution in [0, 0.1) is 0 Å². The molecule has 0 radical (unpaired) electrons. The Hall–Kier alpha value is -1.65. The van der Waals surface area contributed by atoms with Crippen LogP contribution in [-0.4, -0.2) is 28.4 Å². The summed E-state index contributed by atoms with van der Waals surface area (Å²) < 4.78 is 0. The zero-order valence-electron chi connectivity index (χ0n) is 5.48. The summed E-state index contributed by atoms with van der Waals surface area (Å²) in [6.45, 7) is 0. The topological polar surface area (TPSA) is 91.7 Å². The van der Waals surface area contributed by atoms with E-state index in [1.165, 1.54) is 0 Å². The molecule has 0 aromatic heterocycles. The van der Waals surface area contributed by atoms with Crippen molar-refractivity contribution in [3.05, 3.63) is 11.6 Å². The number of carbonyl (C=O) groups excluding carboxylic acids is 1. The van der Waals surface area contributed by atoms with Crippen molar-refractivity contribution in [3.63, 3.8) is 0 Å². The normalized spacial score (nSPS) is 10.7. The van der Waals surface area contributed by atoms with Gasteiger partial charge in [-0.1, -0.05) is 0 Å². The molecule has 11 heavy (non-hydrogen) atoms. The van der Waals surface area contributed by atoms with Gasteiger partial charge in [0.25, 0.3) is 0 Å². The minimum absolute atomic E-state index is 0.211. The van der Waals surface area contributed by atoms with E-state index in [9.17, 15) is 14.4 Å². The van der Waals surface area contributed by atoms with Crippen LogP contribution < -0.4 is 0 Å². The Bertz CT molecular complexity index is 215. The van der Waals surface area contributed by atoms with E-state index in [0.29, 0.717) is 6.08 Å². The van der Waals surface area contributed by atoms with E-state index in [2.05, 4.69) is 0 Å². The van der Waals surface area contributed by atoms with Gasteiger partial charge in [0, 0.05) is 11.6 Å². The predicted octanol–water partition coefficient (Wildman–Crippen LogP) is -0.329. The molecule has 0 bridgehead atoms. The minimum Gasteiger partial charge on any atom is -0.481 e. The van der Waals surface area contributed by atoms with Gasteiger partial charge >= 0.3 is 11.9 Å². The SMILES string of the molecule is O=C/C(=C\C(=O)O)CC(=O)O. The minimum atomic E-state index is -1.33. The lowest BCUT2D eigenvalue weighted by Gasteiger charge is -1.90. The van der Waals surface area contributed by atoms with Gasteiger partial charge in [-0.25, -0.2) is 4.79 Å². The number of carboxylic acids is 2. The van der Waals surface area contributed by atoms with Crippen molar-refractivity contribution < 1.29 is 24.6 Å². The highest BCUT2D eigenvalue weighted by Crippen LogP contribution is 1.96. The van der Waals surface area contributed by atoms with Crippen molar-refractivity contribution in [1.29, 1.82) is 0 Å². The van der Waals surface area contributed by atoms with Crippen LogP contribution in [0.1, 0.15) is 6.42 Å².